The SMILES string of the molecule is CC1(C)CCC(O)(CNc2ncc(Cl)cc2Br)CC1. The normalized spacial score (nSPS) is 21.1. The van der Waals surface area contributed by atoms with Crippen LogP contribution in [0.4, 0.5) is 5.82 Å². The second-order valence-electron chi connectivity index (χ2n) is 6.23. The van der Waals surface area contributed by atoms with Crippen LogP contribution in [0, 0.1) is 5.41 Å². The number of rotatable bonds is 3. The first-order valence-corrected chi connectivity index (χ1v) is 7.74. The molecule has 1 aliphatic rings. The molecule has 0 unspecified atom stereocenters. The van der Waals surface area contributed by atoms with Crippen LogP contribution in [0.1, 0.15) is 39.5 Å². The summed E-state index contributed by atoms with van der Waals surface area (Å²) in [5, 5.41) is 14.4. The van der Waals surface area contributed by atoms with E-state index in [-0.39, 0.29) is 0 Å². The zero-order valence-electron chi connectivity index (χ0n) is 11.3. The number of halogens is 2. The minimum absolute atomic E-state index is 0.353. The zero-order chi connectivity index (χ0) is 14.1. The Morgan fingerprint density at radius 1 is 1.37 bits per heavy atom. The van der Waals surface area contributed by atoms with Gasteiger partial charge in [-0.3, -0.25) is 0 Å². The second kappa shape index (κ2) is 5.58. The number of pyridine rings is 1. The third-order valence-corrected chi connectivity index (χ3v) is 4.74. The molecule has 1 aliphatic carbocycles. The summed E-state index contributed by atoms with van der Waals surface area (Å²) in [4.78, 5) is 4.22. The Bertz CT molecular complexity index is 455. The summed E-state index contributed by atoms with van der Waals surface area (Å²) in [6.07, 6.45) is 5.37. The number of nitrogens with one attached hydrogen (secondary N) is 1. The van der Waals surface area contributed by atoms with Crippen molar-refractivity contribution in [3.05, 3.63) is 21.8 Å². The van der Waals surface area contributed by atoms with Gasteiger partial charge in [-0.05, 0) is 53.1 Å². The van der Waals surface area contributed by atoms with Gasteiger partial charge in [0.2, 0.25) is 0 Å². The Hall–Kier alpha value is -0.320. The van der Waals surface area contributed by atoms with Gasteiger partial charge < -0.3 is 10.4 Å². The Morgan fingerprint density at radius 2 is 2.00 bits per heavy atom. The van der Waals surface area contributed by atoms with Crippen molar-refractivity contribution in [2.24, 2.45) is 5.41 Å². The molecule has 1 heterocycles. The summed E-state index contributed by atoms with van der Waals surface area (Å²) < 4.78 is 0.819. The van der Waals surface area contributed by atoms with Crippen molar-refractivity contribution in [3.63, 3.8) is 0 Å². The van der Waals surface area contributed by atoms with E-state index < -0.39 is 5.60 Å². The molecule has 0 aromatic carbocycles. The highest BCUT2D eigenvalue weighted by Crippen LogP contribution is 2.40. The van der Waals surface area contributed by atoms with E-state index in [1.54, 1.807) is 12.3 Å². The minimum atomic E-state index is -0.629. The molecule has 19 heavy (non-hydrogen) atoms. The van der Waals surface area contributed by atoms with E-state index in [0.29, 0.717) is 17.0 Å². The van der Waals surface area contributed by atoms with Gasteiger partial charge in [0.15, 0.2) is 0 Å². The lowest BCUT2D eigenvalue weighted by Gasteiger charge is -2.40. The fourth-order valence-electron chi connectivity index (χ4n) is 2.36. The summed E-state index contributed by atoms with van der Waals surface area (Å²) in [6.45, 7) is 5.05. The van der Waals surface area contributed by atoms with E-state index in [1.807, 2.05) is 0 Å². The van der Waals surface area contributed by atoms with Crippen LogP contribution < -0.4 is 5.32 Å². The predicted octanol–water partition coefficient (Wildman–Crippen LogP) is 4.24. The predicted molar refractivity (Wildman–Crippen MR) is 82.6 cm³/mol. The van der Waals surface area contributed by atoms with Gasteiger partial charge >= 0.3 is 0 Å². The Morgan fingerprint density at radius 3 is 2.58 bits per heavy atom. The summed E-state index contributed by atoms with van der Waals surface area (Å²) in [5.41, 5.74) is -0.276. The summed E-state index contributed by atoms with van der Waals surface area (Å²) in [6, 6.07) is 1.80. The topological polar surface area (TPSA) is 45.1 Å². The second-order valence-corrected chi connectivity index (χ2v) is 7.52. The van der Waals surface area contributed by atoms with Crippen molar-refractivity contribution in [2.45, 2.75) is 45.1 Å². The summed E-state index contributed by atoms with van der Waals surface area (Å²) >= 11 is 9.27. The van der Waals surface area contributed by atoms with Gasteiger partial charge in [0.05, 0.1) is 15.1 Å². The minimum Gasteiger partial charge on any atom is -0.388 e. The molecule has 0 saturated heterocycles. The number of nitrogens with zero attached hydrogens (tertiary/aromatic N) is 1. The molecule has 5 heteroatoms. The number of aliphatic hydroxyl groups is 1. The van der Waals surface area contributed by atoms with Crippen LogP contribution in [-0.2, 0) is 0 Å². The lowest BCUT2D eigenvalue weighted by Crippen LogP contribution is -2.42. The highest BCUT2D eigenvalue weighted by atomic mass is 79.9. The van der Waals surface area contributed by atoms with E-state index in [2.05, 4.69) is 40.1 Å². The van der Waals surface area contributed by atoms with E-state index in [1.165, 1.54) is 0 Å². The Balaban J connectivity index is 1.95. The van der Waals surface area contributed by atoms with Crippen LogP contribution in [0.2, 0.25) is 5.02 Å². The van der Waals surface area contributed by atoms with Crippen LogP contribution >= 0.6 is 27.5 Å². The molecule has 1 saturated carbocycles. The van der Waals surface area contributed by atoms with Crippen LogP contribution in [0.3, 0.4) is 0 Å². The van der Waals surface area contributed by atoms with Crippen molar-refractivity contribution in [1.82, 2.24) is 4.98 Å². The van der Waals surface area contributed by atoms with Gasteiger partial charge in [-0.25, -0.2) is 4.98 Å². The average molecular weight is 348 g/mol. The van der Waals surface area contributed by atoms with Crippen molar-refractivity contribution in [2.75, 3.05) is 11.9 Å². The van der Waals surface area contributed by atoms with Gasteiger partial charge in [-0.2, -0.15) is 0 Å². The Kier molecular flexibility index (Phi) is 4.43. The molecule has 1 aromatic heterocycles. The molecule has 0 atom stereocenters. The van der Waals surface area contributed by atoms with Gasteiger partial charge in [0.25, 0.3) is 0 Å². The van der Waals surface area contributed by atoms with Crippen molar-refractivity contribution >= 4 is 33.3 Å². The maximum Gasteiger partial charge on any atom is 0.140 e. The zero-order valence-corrected chi connectivity index (χ0v) is 13.7. The quantitative estimate of drug-likeness (QED) is 0.859. The van der Waals surface area contributed by atoms with E-state index in [9.17, 15) is 5.11 Å². The van der Waals surface area contributed by atoms with Gasteiger partial charge in [0, 0.05) is 12.7 Å². The van der Waals surface area contributed by atoms with E-state index in [0.717, 1.165) is 36.0 Å². The number of hydrogen-bond donors (Lipinski definition) is 2. The van der Waals surface area contributed by atoms with Gasteiger partial charge in [0.1, 0.15) is 5.82 Å². The van der Waals surface area contributed by atoms with E-state index in [4.69, 9.17) is 11.6 Å². The fourth-order valence-corrected chi connectivity index (χ4v) is 3.14. The Labute approximate surface area is 127 Å². The molecule has 2 rings (SSSR count). The molecule has 1 fully saturated rings. The largest absolute Gasteiger partial charge is 0.388 e. The van der Waals surface area contributed by atoms with Crippen molar-refractivity contribution < 1.29 is 5.11 Å². The first kappa shape index (κ1) is 15.1. The molecule has 0 amide bonds. The van der Waals surface area contributed by atoms with E-state index >= 15 is 0 Å². The lowest BCUT2D eigenvalue weighted by molar-refractivity contribution is -0.0146. The third kappa shape index (κ3) is 4.07. The molecule has 1 aromatic rings. The summed E-state index contributed by atoms with van der Waals surface area (Å²) in [7, 11) is 0. The molecular formula is C14H20BrClN2O. The molecule has 106 valence electrons. The first-order valence-electron chi connectivity index (χ1n) is 6.57. The van der Waals surface area contributed by atoms with Crippen LogP contribution in [0.25, 0.3) is 0 Å². The molecule has 0 aliphatic heterocycles. The standard InChI is InChI=1S/C14H20BrClN2O/c1-13(2)3-5-14(19,6-4-13)9-18-12-11(15)7-10(16)8-17-12/h7-8,19H,3-6,9H2,1-2H3,(H,17,18). The summed E-state index contributed by atoms with van der Waals surface area (Å²) in [5.74, 6) is 0.725. The van der Waals surface area contributed by atoms with Crippen LogP contribution in [-0.4, -0.2) is 22.2 Å². The highest BCUT2D eigenvalue weighted by molar-refractivity contribution is 9.10. The van der Waals surface area contributed by atoms with Crippen LogP contribution in [0.15, 0.2) is 16.7 Å². The molecular weight excluding hydrogens is 328 g/mol. The molecule has 0 spiro atoms. The number of aromatic nitrogens is 1. The van der Waals surface area contributed by atoms with Crippen molar-refractivity contribution in [3.8, 4) is 0 Å². The van der Waals surface area contributed by atoms with Gasteiger partial charge in [-0.1, -0.05) is 25.4 Å². The lowest BCUT2D eigenvalue weighted by atomic mass is 9.71. The first-order chi connectivity index (χ1) is 8.80. The average Bonchev–Trinajstić information content (AvgIpc) is 2.33. The van der Waals surface area contributed by atoms with Gasteiger partial charge in [-0.15, -0.1) is 0 Å². The van der Waals surface area contributed by atoms with Crippen molar-refractivity contribution in [1.29, 1.82) is 0 Å². The number of hydrogen-bond acceptors (Lipinski definition) is 3. The maximum atomic E-state index is 10.6. The number of anilines is 1. The highest BCUT2D eigenvalue weighted by Gasteiger charge is 2.36. The van der Waals surface area contributed by atoms with Crippen LogP contribution in [0.5, 0.6) is 0 Å². The fraction of sp³-hybridized carbons (Fsp3) is 0.643. The maximum absolute atomic E-state index is 10.6. The molecule has 3 nitrogen and oxygen atoms in total. The monoisotopic (exact) mass is 346 g/mol. The third-order valence-electron chi connectivity index (χ3n) is 3.93. The molecule has 0 radical (unpaired) electrons. The smallest absolute Gasteiger partial charge is 0.140 e. The molecule has 0 bridgehead atoms. The molecule has 2 N–H and O–H groups in total.